The third kappa shape index (κ3) is 2.40. The summed E-state index contributed by atoms with van der Waals surface area (Å²) in [5.41, 5.74) is 0.756. The first-order valence-corrected chi connectivity index (χ1v) is 5.15. The van der Waals surface area contributed by atoms with Crippen LogP contribution in [0.3, 0.4) is 0 Å². The molecule has 0 unspecified atom stereocenters. The van der Waals surface area contributed by atoms with Gasteiger partial charge >= 0.3 is 12.1 Å². The average Bonchev–Trinajstić information content (AvgIpc) is 2.56. The fourth-order valence-corrected chi connectivity index (χ4v) is 1.75. The Morgan fingerprint density at radius 2 is 2.06 bits per heavy atom. The summed E-state index contributed by atoms with van der Waals surface area (Å²) in [7, 11) is 0. The number of hydrogen-bond donors (Lipinski definition) is 2. The van der Waals surface area contributed by atoms with Crippen molar-refractivity contribution < 1.29 is 22.8 Å². The third-order valence-corrected chi connectivity index (χ3v) is 2.64. The number of rotatable bonds is 1. The molecule has 2 N–H and O–H groups in total. The Morgan fingerprint density at radius 1 is 1.39 bits per heavy atom. The number of alkyl halides is 3. The molecule has 8 heteroatoms. The first kappa shape index (κ1) is 12.7. The highest BCUT2D eigenvalue weighted by atomic mass is 35.5. The van der Waals surface area contributed by atoms with E-state index < -0.39 is 12.1 Å². The molecule has 1 aliphatic heterocycles. The summed E-state index contributed by atoms with van der Waals surface area (Å²) >= 11 is 5.72. The Morgan fingerprint density at radius 3 is 2.67 bits per heavy atom. The van der Waals surface area contributed by atoms with Crippen molar-refractivity contribution in [3.8, 4) is 0 Å². The van der Waals surface area contributed by atoms with Gasteiger partial charge in [-0.15, -0.1) is 0 Å². The Balaban J connectivity index is 2.28. The van der Waals surface area contributed by atoms with Gasteiger partial charge in [0.15, 0.2) is 0 Å². The summed E-state index contributed by atoms with van der Waals surface area (Å²) in [5.74, 6) is -2.39. The maximum Gasteiger partial charge on any atom is 0.471 e. The molecule has 0 aliphatic carbocycles. The van der Waals surface area contributed by atoms with Crippen molar-refractivity contribution in [3.05, 3.63) is 22.7 Å². The van der Waals surface area contributed by atoms with Gasteiger partial charge in [0.1, 0.15) is 0 Å². The van der Waals surface area contributed by atoms with Crippen molar-refractivity contribution >= 4 is 34.8 Å². The summed E-state index contributed by atoms with van der Waals surface area (Å²) in [6.45, 7) is 0. The van der Waals surface area contributed by atoms with Crippen LogP contribution in [0.25, 0.3) is 0 Å². The summed E-state index contributed by atoms with van der Waals surface area (Å²) in [5, 5.41) is 4.07. The smallest absolute Gasteiger partial charge is 0.325 e. The molecule has 0 radical (unpaired) electrons. The molecule has 1 aliphatic rings. The van der Waals surface area contributed by atoms with Crippen LogP contribution < -0.4 is 10.6 Å². The van der Waals surface area contributed by atoms with Crippen LogP contribution in [0.15, 0.2) is 12.1 Å². The largest absolute Gasteiger partial charge is 0.471 e. The van der Waals surface area contributed by atoms with Crippen molar-refractivity contribution in [2.45, 2.75) is 12.6 Å². The standard InChI is InChI=1S/C10H6ClF3N2O2/c11-5-3-6-4(2-8(17)15-6)1-7(5)16-9(18)10(12,13)14/h1,3H,2H2,(H,15,17)(H,16,18). The number of halogens is 4. The second-order valence-corrected chi connectivity index (χ2v) is 4.07. The maximum atomic E-state index is 12.1. The van der Waals surface area contributed by atoms with Gasteiger partial charge in [-0.3, -0.25) is 9.59 Å². The number of hydrogen-bond acceptors (Lipinski definition) is 2. The second kappa shape index (κ2) is 4.16. The fraction of sp³-hybridized carbons (Fsp3) is 0.200. The number of benzene rings is 1. The fourth-order valence-electron chi connectivity index (χ4n) is 1.54. The molecule has 0 atom stereocenters. The van der Waals surface area contributed by atoms with Crippen molar-refractivity contribution in [1.82, 2.24) is 0 Å². The van der Waals surface area contributed by atoms with E-state index in [1.807, 2.05) is 0 Å². The van der Waals surface area contributed by atoms with Crippen molar-refractivity contribution in [2.75, 3.05) is 10.6 Å². The Bertz CT molecular complexity index is 543. The van der Waals surface area contributed by atoms with Gasteiger partial charge in [-0.25, -0.2) is 0 Å². The van der Waals surface area contributed by atoms with Crippen LogP contribution in [0.2, 0.25) is 5.02 Å². The lowest BCUT2D eigenvalue weighted by molar-refractivity contribution is -0.167. The first-order chi connectivity index (χ1) is 8.27. The molecule has 0 spiro atoms. The number of carbonyl (C=O) groups is 2. The van der Waals surface area contributed by atoms with Crippen LogP contribution in [-0.2, 0) is 16.0 Å². The van der Waals surface area contributed by atoms with Crippen LogP contribution in [0.5, 0.6) is 0 Å². The van der Waals surface area contributed by atoms with Gasteiger partial charge in [0.2, 0.25) is 5.91 Å². The van der Waals surface area contributed by atoms with Crippen molar-refractivity contribution in [2.24, 2.45) is 0 Å². The van der Waals surface area contributed by atoms with Crippen LogP contribution in [-0.4, -0.2) is 18.0 Å². The van der Waals surface area contributed by atoms with Gasteiger partial charge in [-0.1, -0.05) is 11.6 Å². The zero-order valence-corrected chi connectivity index (χ0v) is 9.45. The number of anilines is 2. The molecule has 96 valence electrons. The van der Waals surface area contributed by atoms with E-state index >= 15 is 0 Å². The van der Waals surface area contributed by atoms with E-state index in [1.54, 1.807) is 5.32 Å². The maximum absolute atomic E-state index is 12.1. The summed E-state index contributed by atoms with van der Waals surface area (Å²) < 4.78 is 36.2. The molecule has 2 rings (SSSR count). The molecule has 0 fully saturated rings. The molecule has 4 nitrogen and oxygen atoms in total. The number of fused-ring (bicyclic) bond motifs is 1. The van der Waals surface area contributed by atoms with E-state index in [1.165, 1.54) is 12.1 Å². The highest BCUT2D eigenvalue weighted by Gasteiger charge is 2.39. The van der Waals surface area contributed by atoms with E-state index in [-0.39, 0.29) is 23.0 Å². The van der Waals surface area contributed by atoms with Crippen LogP contribution in [0.4, 0.5) is 24.5 Å². The molecule has 1 heterocycles. The normalized spacial score (nSPS) is 14.1. The van der Waals surface area contributed by atoms with E-state index in [4.69, 9.17) is 11.6 Å². The minimum Gasteiger partial charge on any atom is -0.325 e. The molecule has 1 aromatic rings. The van der Waals surface area contributed by atoms with Gasteiger partial charge in [0.25, 0.3) is 0 Å². The lowest BCUT2D eigenvalue weighted by Gasteiger charge is -2.10. The zero-order valence-electron chi connectivity index (χ0n) is 8.69. The van der Waals surface area contributed by atoms with Gasteiger partial charge in [-0.05, 0) is 17.7 Å². The molecule has 0 saturated carbocycles. The van der Waals surface area contributed by atoms with Crippen molar-refractivity contribution in [3.63, 3.8) is 0 Å². The van der Waals surface area contributed by atoms with Crippen LogP contribution in [0, 0.1) is 0 Å². The zero-order chi connectivity index (χ0) is 13.5. The quantitative estimate of drug-likeness (QED) is 0.828. The Labute approximate surface area is 104 Å². The number of amides is 2. The Hall–Kier alpha value is -1.76. The topological polar surface area (TPSA) is 58.2 Å². The molecule has 18 heavy (non-hydrogen) atoms. The monoisotopic (exact) mass is 278 g/mol. The molecule has 0 bridgehead atoms. The number of nitrogens with one attached hydrogen (secondary N) is 2. The summed E-state index contributed by atoms with van der Waals surface area (Å²) in [6, 6.07) is 2.55. The lowest BCUT2D eigenvalue weighted by Crippen LogP contribution is -2.30. The van der Waals surface area contributed by atoms with E-state index in [0.29, 0.717) is 11.3 Å². The van der Waals surface area contributed by atoms with Gasteiger partial charge < -0.3 is 10.6 Å². The highest BCUT2D eigenvalue weighted by Crippen LogP contribution is 2.33. The molecule has 0 aromatic heterocycles. The summed E-state index contributed by atoms with van der Waals surface area (Å²) in [6.07, 6.45) is -4.95. The van der Waals surface area contributed by atoms with Gasteiger partial charge in [0.05, 0.1) is 17.1 Å². The van der Waals surface area contributed by atoms with Gasteiger partial charge in [-0.2, -0.15) is 13.2 Å². The van der Waals surface area contributed by atoms with Gasteiger partial charge in [0, 0.05) is 5.69 Å². The van der Waals surface area contributed by atoms with E-state index in [9.17, 15) is 22.8 Å². The SMILES string of the molecule is O=C1Cc2cc(NC(=O)C(F)(F)F)c(Cl)cc2N1. The van der Waals surface area contributed by atoms with Crippen LogP contribution >= 0.6 is 11.6 Å². The molecule has 1 aromatic carbocycles. The predicted molar refractivity (Wildman–Crippen MR) is 58.5 cm³/mol. The Kier molecular flexibility index (Phi) is 2.94. The van der Waals surface area contributed by atoms with Crippen LogP contribution in [0.1, 0.15) is 5.56 Å². The van der Waals surface area contributed by atoms with Crippen molar-refractivity contribution in [1.29, 1.82) is 0 Å². The first-order valence-electron chi connectivity index (χ1n) is 4.78. The summed E-state index contributed by atoms with van der Waals surface area (Å²) in [4.78, 5) is 21.9. The lowest BCUT2D eigenvalue weighted by atomic mass is 10.1. The average molecular weight is 279 g/mol. The molecule has 2 amide bonds. The van der Waals surface area contributed by atoms with E-state index in [2.05, 4.69) is 5.32 Å². The minimum atomic E-state index is -4.99. The molecular weight excluding hydrogens is 273 g/mol. The highest BCUT2D eigenvalue weighted by molar-refractivity contribution is 6.34. The second-order valence-electron chi connectivity index (χ2n) is 3.67. The van der Waals surface area contributed by atoms with E-state index in [0.717, 1.165) is 0 Å². The molecular formula is C10H6ClF3N2O2. The molecule has 0 saturated heterocycles. The third-order valence-electron chi connectivity index (χ3n) is 2.32. The number of carbonyl (C=O) groups excluding carboxylic acids is 2. The minimum absolute atomic E-state index is 0.0430. The predicted octanol–water partition coefficient (Wildman–Crippen LogP) is 2.34.